The van der Waals surface area contributed by atoms with Gasteiger partial charge in [-0.15, -0.1) is 0 Å². The number of ether oxygens (including phenoxy) is 1. The quantitative estimate of drug-likeness (QED) is 0.265. The van der Waals surface area contributed by atoms with E-state index in [2.05, 4.69) is 21.0 Å². The van der Waals surface area contributed by atoms with Crippen LogP contribution in [0.2, 0.25) is 0 Å². The second-order valence-electron chi connectivity index (χ2n) is 7.43. The topological polar surface area (TPSA) is 9.23 Å². The SMILES string of the molecule is CCCCCCCCCCCC[N+](C)(C)COc1ccccc1.[Br-]. The zero-order valence-corrected chi connectivity index (χ0v) is 17.7. The third-order valence-corrected chi connectivity index (χ3v) is 4.44. The minimum Gasteiger partial charge on any atom is -1.00 e. The summed E-state index contributed by atoms with van der Waals surface area (Å²) in [6, 6.07) is 10.1. The first-order valence-electron chi connectivity index (χ1n) is 9.64. The first-order valence-corrected chi connectivity index (χ1v) is 9.64. The van der Waals surface area contributed by atoms with E-state index in [0.717, 1.165) is 17.0 Å². The molecule has 0 aliphatic rings. The zero-order chi connectivity index (χ0) is 16.8. The minimum absolute atomic E-state index is 0. The molecule has 1 aromatic rings. The van der Waals surface area contributed by atoms with Crippen molar-refractivity contribution in [2.45, 2.75) is 71.1 Å². The van der Waals surface area contributed by atoms with Crippen molar-refractivity contribution in [3.05, 3.63) is 30.3 Å². The Kier molecular flexibility index (Phi) is 14.4. The molecule has 140 valence electrons. The van der Waals surface area contributed by atoms with Crippen molar-refractivity contribution in [3.8, 4) is 5.75 Å². The Hall–Kier alpha value is -0.540. The Morgan fingerprint density at radius 3 is 1.79 bits per heavy atom. The molecule has 0 unspecified atom stereocenters. The molecule has 0 fully saturated rings. The Balaban J connectivity index is 0.00000529. The van der Waals surface area contributed by atoms with Crippen LogP contribution in [0.15, 0.2) is 30.3 Å². The lowest BCUT2D eigenvalue weighted by molar-refractivity contribution is -0.905. The first-order chi connectivity index (χ1) is 11.1. The number of rotatable bonds is 14. The lowest BCUT2D eigenvalue weighted by Crippen LogP contribution is -3.00. The molecule has 2 nitrogen and oxygen atoms in total. The molecule has 0 radical (unpaired) electrons. The van der Waals surface area contributed by atoms with Crippen molar-refractivity contribution >= 4 is 0 Å². The first kappa shape index (κ1) is 23.5. The van der Waals surface area contributed by atoms with Crippen molar-refractivity contribution in [2.75, 3.05) is 27.4 Å². The second-order valence-corrected chi connectivity index (χ2v) is 7.43. The van der Waals surface area contributed by atoms with Crippen LogP contribution in [0.1, 0.15) is 71.1 Å². The van der Waals surface area contributed by atoms with Gasteiger partial charge in [0.1, 0.15) is 5.75 Å². The lowest BCUT2D eigenvalue weighted by Gasteiger charge is -2.29. The summed E-state index contributed by atoms with van der Waals surface area (Å²) >= 11 is 0. The summed E-state index contributed by atoms with van der Waals surface area (Å²) in [5.74, 6) is 0.974. The highest BCUT2D eigenvalue weighted by Gasteiger charge is 2.14. The van der Waals surface area contributed by atoms with Gasteiger partial charge in [-0.25, -0.2) is 0 Å². The minimum atomic E-state index is 0. The molecule has 24 heavy (non-hydrogen) atoms. The van der Waals surface area contributed by atoms with Crippen molar-refractivity contribution in [3.63, 3.8) is 0 Å². The maximum Gasteiger partial charge on any atom is 0.223 e. The molecule has 0 N–H and O–H groups in total. The number of hydrogen-bond acceptors (Lipinski definition) is 1. The average molecular weight is 400 g/mol. The van der Waals surface area contributed by atoms with E-state index in [1.54, 1.807) is 0 Å². The van der Waals surface area contributed by atoms with E-state index < -0.39 is 0 Å². The van der Waals surface area contributed by atoms with E-state index >= 15 is 0 Å². The zero-order valence-electron chi connectivity index (χ0n) is 16.1. The van der Waals surface area contributed by atoms with E-state index in [0.29, 0.717) is 0 Å². The standard InChI is InChI=1S/C21H38NO.BrH/c1-4-5-6-7-8-9-10-11-12-16-19-22(2,3)20-23-21-17-14-13-15-18-21;/h13-15,17-18H,4-12,16,19-20H2,1-3H3;1H/q+1;/p-1. The highest BCUT2D eigenvalue weighted by Crippen LogP contribution is 2.13. The molecule has 0 spiro atoms. The van der Waals surface area contributed by atoms with E-state index in [1.807, 2.05) is 30.3 Å². The van der Waals surface area contributed by atoms with Crippen molar-refractivity contribution in [1.82, 2.24) is 0 Å². The molecule has 0 aliphatic carbocycles. The van der Waals surface area contributed by atoms with E-state index in [1.165, 1.54) is 70.8 Å². The van der Waals surface area contributed by atoms with Crippen molar-refractivity contribution in [1.29, 1.82) is 0 Å². The summed E-state index contributed by atoms with van der Waals surface area (Å²) in [4.78, 5) is 0. The van der Waals surface area contributed by atoms with Gasteiger partial charge >= 0.3 is 0 Å². The van der Waals surface area contributed by atoms with Crippen LogP contribution in [0, 0.1) is 0 Å². The van der Waals surface area contributed by atoms with Gasteiger partial charge in [-0.3, -0.25) is 4.48 Å². The van der Waals surface area contributed by atoms with Gasteiger partial charge in [0, 0.05) is 0 Å². The summed E-state index contributed by atoms with van der Waals surface area (Å²) in [6.45, 7) is 4.23. The van der Waals surface area contributed by atoms with E-state index in [-0.39, 0.29) is 17.0 Å². The molecule has 0 amide bonds. The smallest absolute Gasteiger partial charge is 0.223 e. The van der Waals surface area contributed by atoms with Crippen molar-refractivity contribution in [2.24, 2.45) is 0 Å². The normalized spacial score (nSPS) is 11.1. The largest absolute Gasteiger partial charge is 1.00 e. The number of quaternary nitrogens is 1. The molecule has 1 rings (SSSR count). The fourth-order valence-corrected chi connectivity index (χ4v) is 2.86. The molecular weight excluding hydrogens is 362 g/mol. The number of unbranched alkanes of at least 4 members (excludes halogenated alkanes) is 9. The summed E-state index contributed by atoms with van der Waals surface area (Å²) in [5.41, 5.74) is 0. The number of halogens is 1. The molecule has 0 saturated heterocycles. The van der Waals surface area contributed by atoms with Crippen molar-refractivity contribution < 1.29 is 26.2 Å². The molecule has 0 aromatic heterocycles. The Labute approximate surface area is 161 Å². The van der Waals surface area contributed by atoms with E-state index in [9.17, 15) is 0 Å². The summed E-state index contributed by atoms with van der Waals surface area (Å²) in [5, 5.41) is 0. The Morgan fingerprint density at radius 2 is 1.25 bits per heavy atom. The van der Waals surface area contributed by atoms with Crippen LogP contribution in [0.3, 0.4) is 0 Å². The van der Waals surface area contributed by atoms with Gasteiger partial charge in [0.25, 0.3) is 0 Å². The number of nitrogens with zero attached hydrogens (tertiary/aromatic N) is 1. The van der Waals surface area contributed by atoms with Gasteiger partial charge in [-0.1, -0.05) is 76.5 Å². The molecule has 1 aromatic carbocycles. The summed E-state index contributed by atoms with van der Waals surface area (Å²) < 4.78 is 6.82. The van der Waals surface area contributed by atoms with Crippen LogP contribution in [0.4, 0.5) is 0 Å². The summed E-state index contributed by atoms with van der Waals surface area (Å²) in [6.07, 6.45) is 14.0. The van der Waals surface area contributed by atoms with Crippen LogP contribution < -0.4 is 21.7 Å². The van der Waals surface area contributed by atoms with Crippen LogP contribution in [0.25, 0.3) is 0 Å². The van der Waals surface area contributed by atoms with Crippen LogP contribution in [0.5, 0.6) is 5.75 Å². The molecule has 0 heterocycles. The maximum absolute atomic E-state index is 5.89. The Bertz CT molecular complexity index is 381. The Morgan fingerprint density at radius 1 is 0.750 bits per heavy atom. The number of para-hydroxylation sites is 1. The second kappa shape index (κ2) is 14.8. The fourth-order valence-electron chi connectivity index (χ4n) is 2.86. The summed E-state index contributed by atoms with van der Waals surface area (Å²) in [7, 11) is 4.52. The van der Waals surface area contributed by atoms with E-state index in [4.69, 9.17) is 4.74 Å². The molecule has 0 atom stereocenters. The fraction of sp³-hybridized carbons (Fsp3) is 0.714. The molecule has 3 heteroatoms. The van der Waals surface area contributed by atoms with Gasteiger partial charge in [0.2, 0.25) is 6.73 Å². The third kappa shape index (κ3) is 12.8. The molecule has 0 saturated carbocycles. The maximum atomic E-state index is 5.89. The third-order valence-electron chi connectivity index (χ3n) is 4.44. The lowest BCUT2D eigenvalue weighted by atomic mass is 10.1. The molecule has 0 aliphatic heterocycles. The van der Waals surface area contributed by atoms with Gasteiger partial charge in [-0.2, -0.15) is 0 Å². The molecular formula is C21H38BrNO. The van der Waals surface area contributed by atoms with Gasteiger partial charge in [0.15, 0.2) is 0 Å². The number of benzene rings is 1. The van der Waals surface area contributed by atoms with Crippen LogP contribution in [-0.4, -0.2) is 31.9 Å². The predicted octanol–water partition coefficient (Wildman–Crippen LogP) is 3.02. The highest BCUT2D eigenvalue weighted by atomic mass is 79.9. The van der Waals surface area contributed by atoms with Gasteiger partial charge in [0.05, 0.1) is 20.6 Å². The molecule has 0 bridgehead atoms. The average Bonchev–Trinajstić information content (AvgIpc) is 2.56. The van der Waals surface area contributed by atoms with Gasteiger partial charge < -0.3 is 21.7 Å². The van der Waals surface area contributed by atoms with Crippen LogP contribution >= 0.6 is 0 Å². The monoisotopic (exact) mass is 399 g/mol. The predicted molar refractivity (Wildman–Crippen MR) is 101 cm³/mol. The van der Waals surface area contributed by atoms with Gasteiger partial charge in [-0.05, 0) is 25.0 Å². The van der Waals surface area contributed by atoms with Crippen LogP contribution in [-0.2, 0) is 0 Å². The highest BCUT2D eigenvalue weighted by molar-refractivity contribution is 5.20. The number of hydrogen-bond donors (Lipinski definition) is 0.